The monoisotopic (exact) mass is 380 g/mol. The molecule has 1 fully saturated rings. The van der Waals surface area contributed by atoms with Gasteiger partial charge in [0.15, 0.2) is 0 Å². The van der Waals surface area contributed by atoms with Gasteiger partial charge in [0.1, 0.15) is 5.82 Å². The number of hydrogen-bond donors (Lipinski definition) is 2. The Morgan fingerprint density at radius 2 is 1.92 bits per heavy atom. The van der Waals surface area contributed by atoms with Gasteiger partial charge in [-0.05, 0) is 50.3 Å². The molecule has 1 aliphatic carbocycles. The lowest BCUT2D eigenvalue weighted by molar-refractivity contribution is 0.362. The Morgan fingerprint density at radius 3 is 2.54 bits per heavy atom. The van der Waals surface area contributed by atoms with E-state index in [1.54, 1.807) is 6.07 Å². The van der Waals surface area contributed by atoms with Crippen LogP contribution in [0, 0.1) is 12.7 Å². The van der Waals surface area contributed by atoms with Crippen LogP contribution < -0.4 is 4.72 Å². The Kier molecular flexibility index (Phi) is 5.45. The fourth-order valence-electron chi connectivity index (χ4n) is 3.54. The highest BCUT2D eigenvalue weighted by Gasteiger charge is 2.28. The van der Waals surface area contributed by atoms with Crippen LogP contribution in [-0.2, 0) is 10.2 Å². The van der Waals surface area contributed by atoms with Gasteiger partial charge in [-0.25, -0.2) is 4.39 Å². The third kappa shape index (κ3) is 3.97. The molecule has 0 spiro atoms. The largest absolute Gasteiger partial charge is 0.281 e. The first-order valence-electron chi connectivity index (χ1n) is 8.78. The van der Waals surface area contributed by atoms with Gasteiger partial charge < -0.3 is 0 Å². The number of halogens is 1. The number of benzene rings is 1. The van der Waals surface area contributed by atoms with Crippen LogP contribution in [0.1, 0.15) is 42.9 Å². The van der Waals surface area contributed by atoms with Gasteiger partial charge >= 0.3 is 0 Å². The predicted octanol–water partition coefficient (Wildman–Crippen LogP) is 2.95. The van der Waals surface area contributed by atoms with Crippen molar-refractivity contribution in [1.29, 1.82) is 0 Å². The molecule has 6 nitrogen and oxygen atoms in total. The highest BCUT2D eigenvalue weighted by atomic mass is 32.2. The highest BCUT2D eigenvalue weighted by molar-refractivity contribution is 7.87. The molecule has 8 heteroatoms. The SMILES string of the molecule is Cc1c(-c2cccc(F)c2)n[nH]c1C1CCC(NS(=O)(=O)N(C)C)CC1. The Morgan fingerprint density at radius 1 is 1.23 bits per heavy atom. The summed E-state index contributed by atoms with van der Waals surface area (Å²) in [4.78, 5) is 0. The maximum atomic E-state index is 13.5. The second-order valence-electron chi connectivity index (χ2n) is 7.08. The summed E-state index contributed by atoms with van der Waals surface area (Å²) in [5.41, 5.74) is 3.64. The first kappa shape index (κ1) is 19.0. The fraction of sp³-hybridized carbons (Fsp3) is 0.500. The molecule has 0 atom stereocenters. The van der Waals surface area contributed by atoms with Gasteiger partial charge in [0.2, 0.25) is 0 Å². The number of aromatic nitrogens is 2. The average Bonchev–Trinajstić information content (AvgIpc) is 2.97. The number of nitrogens with one attached hydrogen (secondary N) is 2. The van der Waals surface area contributed by atoms with Crippen molar-refractivity contribution >= 4 is 10.2 Å². The second-order valence-corrected chi connectivity index (χ2v) is 8.99. The van der Waals surface area contributed by atoms with Gasteiger partial charge in [-0.15, -0.1) is 0 Å². The average molecular weight is 380 g/mol. The molecule has 0 saturated heterocycles. The van der Waals surface area contributed by atoms with Crippen LogP contribution in [0.15, 0.2) is 24.3 Å². The zero-order chi connectivity index (χ0) is 18.9. The van der Waals surface area contributed by atoms with E-state index in [9.17, 15) is 12.8 Å². The molecular weight excluding hydrogens is 355 g/mol. The van der Waals surface area contributed by atoms with E-state index in [0.717, 1.165) is 48.2 Å². The zero-order valence-electron chi connectivity index (χ0n) is 15.3. The standard InChI is InChI=1S/C18H25FN4O2S/c1-12-17(20-21-18(12)14-5-4-6-15(19)11-14)13-7-9-16(10-8-13)22-26(24,25)23(2)3/h4-6,11,13,16,22H,7-10H2,1-3H3,(H,20,21). The lowest BCUT2D eigenvalue weighted by Crippen LogP contribution is -2.43. The minimum Gasteiger partial charge on any atom is -0.281 e. The molecule has 0 unspecified atom stereocenters. The lowest BCUT2D eigenvalue weighted by Gasteiger charge is -2.29. The van der Waals surface area contributed by atoms with Gasteiger partial charge in [-0.1, -0.05) is 12.1 Å². The molecule has 0 aliphatic heterocycles. The molecular formula is C18H25FN4O2S. The van der Waals surface area contributed by atoms with Crippen molar-refractivity contribution < 1.29 is 12.8 Å². The molecule has 1 aromatic carbocycles. The van der Waals surface area contributed by atoms with Crippen LogP contribution in [0.2, 0.25) is 0 Å². The molecule has 2 aromatic rings. The number of nitrogens with zero attached hydrogens (tertiary/aromatic N) is 2. The summed E-state index contributed by atoms with van der Waals surface area (Å²) in [6.07, 6.45) is 3.33. The van der Waals surface area contributed by atoms with Crippen LogP contribution in [0.3, 0.4) is 0 Å². The van der Waals surface area contributed by atoms with Gasteiger partial charge in [0, 0.05) is 37.3 Å². The van der Waals surface area contributed by atoms with Crippen molar-refractivity contribution in [3.63, 3.8) is 0 Å². The summed E-state index contributed by atoms with van der Waals surface area (Å²) in [7, 11) is -0.349. The van der Waals surface area contributed by atoms with E-state index in [0.29, 0.717) is 5.92 Å². The first-order chi connectivity index (χ1) is 12.3. The van der Waals surface area contributed by atoms with Crippen LogP contribution in [0.4, 0.5) is 4.39 Å². The van der Waals surface area contributed by atoms with Crippen LogP contribution >= 0.6 is 0 Å². The van der Waals surface area contributed by atoms with Gasteiger partial charge in [0.05, 0.1) is 5.69 Å². The summed E-state index contributed by atoms with van der Waals surface area (Å²) in [6, 6.07) is 6.40. The number of rotatable bonds is 5. The van der Waals surface area contributed by atoms with E-state index in [2.05, 4.69) is 14.9 Å². The molecule has 1 heterocycles. The Hall–Kier alpha value is -1.77. The Labute approximate surface area is 154 Å². The zero-order valence-corrected chi connectivity index (χ0v) is 16.1. The van der Waals surface area contributed by atoms with Crippen molar-refractivity contribution in [3.05, 3.63) is 41.3 Å². The second kappa shape index (κ2) is 7.46. The molecule has 1 aliphatic rings. The maximum absolute atomic E-state index is 13.5. The quantitative estimate of drug-likeness (QED) is 0.837. The molecule has 26 heavy (non-hydrogen) atoms. The molecule has 1 saturated carbocycles. The molecule has 2 N–H and O–H groups in total. The van der Waals surface area contributed by atoms with Gasteiger partial charge in [-0.2, -0.15) is 22.5 Å². The summed E-state index contributed by atoms with van der Waals surface area (Å²) >= 11 is 0. The predicted molar refractivity (Wildman–Crippen MR) is 99.5 cm³/mol. The van der Waals surface area contributed by atoms with E-state index in [1.807, 2.05) is 13.0 Å². The summed E-state index contributed by atoms with van der Waals surface area (Å²) in [5, 5.41) is 7.52. The Balaban J connectivity index is 1.69. The number of H-pyrrole nitrogens is 1. The van der Waals surface area contributed by atoms with E-state index < -0.39 is 10.2 Å². The summed E-state index contributed by atoms with van der Waals surface area (Å²) < 4.78 is 41.4. The number of aromatic amines is 1. The topological polar surface area (TPSA) is 78.1 Å². The van der Waals surface area contributed by atoms with Crippen LogP contribution in [0.25, 0.3) is 11.3 Å². The highest BCUT2D eigenvalue weighted by Crippen LogP contribution is 2.36. The Bertz CT molecular complexity index is 871. The number of hydrogen-bond acceptors (Lipinski definition) is 3. The van der Waals surface area contributed by atoms with Crippen molar-refractivity contribution in [2.24, 2.45) is 0 Å². The van der Waals surface area contributed by atoms with E-state index in [-0.39, 0.29) is 11.9 Å². The van der Waals surface area contributed by atoms with E-state index in [1.165, 1.54) is 30.5 Å². The molecule has 0 amide bonds. The summed E-state index contributed by atoms with van der Waals surface area (Å²) in [5.74, 6) is 0.0325. The molecule has 1 aromatic heterocycles. The minimum absolute atomic E-state index is 0.0374. The van der Waals surface area contributed by atoms with Crippen molar-refractivity contribution in [2.45, 2.75) is 44.6 Å². The van der Waals surface area contributed by atoms with Crippen molar-refractivity contribution in [2.75, 3.05) is 14.1 Å². The smallest absolute Gasteiger partial charge is 0.279 e. The van der Waals surface area contributed by atoms with Crippen LogP contribution in [-0.4, -0.2) is 43.1 Å². The third-order valence-corrected chi connectivity index (χ3v) is 6.67. The molecule has 142 valence electrons. The van der Waals surface area contributed by atoms with Crippen molar-refractivity contribution in [3.8, 4) is 11.3 Å². The maximum Gasteiger partial charge on any atom is 0.279 e. The fourth-order valence-corrected chi connectivity index (χ4v) is 4.41. The third-order valence-electron chi connectivity index (χ3n) is 5.08. The molecule has 0 bridgehead atoms. The lowest BCUT2D eigenvalue weighted by atomic mass is 9.83. The van der Waals surface area contributed by atoms with Crippen molar-refractivity contribution in [1.82, 2.24) is 19.2 Å². The van der Waals surface area contributed by atoms with Gasteiger partial charge in [0.25, 0.3) is 10.2 Å². The van der Waals surface area contributed by atoms with E-state index >= 15 is 0 Å². The van der Waals surface area contributed by atoms with Gasteiger partial charge in [-0.3, -0.25) is 5.10 Å². The summed E-state index contributed by atoms with van der Waals surface area (Å²) in [6.45, 7) is 2.00. The van der Waals surface area contributed by atoms with Crippen LogP contribution in [0.5, 0.6) is 0 Å². The first-order valence-corrected chi connectivity index (χ1v) is 10.2. The molecule has 0 radical (unpaired) electrons. The minimum atomic E-state index is -3.40. The van der Waals surface area contributed by atoms with E-state index in [4.69, 9.17) is 0 Å². The molecule has 3 rings (SSSR count). The normalized spacial score (nSPS) is 21.3.